The van der Waals surface area contributed by atoms with E-state index in [2.05, 4.69) is 25.9 Å². The van der Waals surface area contributed by atoms with Crippen LogP contribution in [0.25, 0.3) is 0 Å². The summed E-state index contributed by atoms with van der Waals surface area (Å²) in [5.41, 5.74) is 0.395. The van der Waals surface area contributed by atoms with Crippen LogP contribution in [0.3, 0.4) is 0 Å². The maximum Gasteiger partial charge on any atom is 0.252 e. The normalized spacial score (nSPS) is 20.5. The summed E-state index contributed by atoms with van der Waals surface area (Å²) in [5, 5.41) is 0.783. The Bertz CT molecular complexity index is 471. The first-order chi connectivity index (χ1) is 7.60. The van der Waals surface area contributed by atoms with Crippen molar-refractivity contribution in [3.63, 3.8) is 0 Å². The van der Waals surface area contributed by atoms with E-state index in [0.29, 0.717) is 30.5 Å². The second-order valence-corrected chi connectivity index (χ2v) is 4.59. The molecule has 0 spiro atoms. The van der Waals surface area contributed by atoms with Gasteiger partial charge < -0.3 is 0 Å². The van der Waals surface area contributed by atoms with E-state index in [9.17, 15) is 9.59 Å². The van der Waals surface area contributed by atoms with E-state index in [-0.39, 0.29) is 11.5 Å². The molecule has 6 heteroatoms. The number of nitrogens with one attached hydrogen (secondary N) is 1. The van der Waals surface area contributed by atoms with Crippen LogP contribution in [0.4, 0.5) is 5.95 Å². The first kappa shape index (κ1) is 11.3. The fourth-order valence-electron chi connectivity index (χ4n) is 1.78. The number of alkyl halides is 1. The molecule has 1 N–H and O–H groups in total. The smallest absolute Gasteiger partial charge is 0.252 e. The van der Waals surface area contributed by atoms with Gasteiger partial charge in [-0.15, -0.1) is 0 Å². The number of anilines is 1. The van der Waals surface area contributed by atoms with E-state index in [1.54, 1.807) is 11.8 Å². The summed E-state index contributed by atoms with van der Waals surface area (Å²) in [5.74, 6) is 0.662. The summed E-state index contributed by atoms with van der Waals surface area (Å²) >= 11 is 3.36. The molecule has 5 nitrogen and oxygen atoms in total. The van der Waals surface area contributed by atoms with Crippen LogP contribution in [0.5, 0.6) is 0 Å². The van der Waals surface area contributed by atoms with Gasteiger partial charge in [0.05, 0.1) is 0 Å². The SMILES string of the molecule is Cc1cc(=O)[nH]c(N2CC(CBr)CC2=O)n1. The van der Waals surface area contributed by atoms with Gasteiger partial charge in [-0.2, -0.15) is 0 Å². The van der Waals surface area contributed by atoms with E-state index in [4.69, 9.17) is 0 Å². The van der Waals surface area contributed by atoms with Gasteiger partial charge in [0.1, 0.15) is 0 Å². The Morgan fingerprint density at radius 1 is 1.62 bits per heavy atom. The third-order valence-corrected chi connectivity index (χ3v) is 3.45. The predicted molar refractivity (Wildman–Crippen MR) is 63.8 cm³/mol. The molecule has 2 heterocycles. The molecule has 1 saturated heterocycles. The van der Waals surface area contributed by atoms with E-state index in [1.807, 2.05) is 0 Å². The van der Waals surface area contributed by atoms with Gasteiger partial charge in [0.15, 0.2) is 0 Å². The van der Waals surface area contributed by atoms with Crippen LogP contribution in [0.15, 0.2) is 10.9 Å². The van der Waals surface area contributed by atoms with Gasteiger partial charge in [-0.3, -0.25) is 19.5 Å². The molecule has 0 aromatic carbocycles. The second-order valence-electron chi connectivity index (χ2n) is 3.94. The Labute approximate surface area is 101 Å². The predicted octanol–water partition coefficient (Wildman–Crippen LogP) is 0.826. The molecular weight excluding hydrogens is 274 g/mol. The highest BCUT2D eigenvalue weighted by molar-refractivity contribution is 9.09. The molecule has 1 fully saturated rings. The lowest BCUT2D eigenvalue weighted by atomic mass is 10.2. The number of rotatable bonds is 2. The third-order valence-electron chi connectivity index (χ3n) is 2.54. The molecule has 0 aliphatic carbocycles. The van der Waals surface area contributed by atoms with Crippen molar-refractivity contribution in [2.45, 2.75) is 13.3 Å². The number of carbonyl (C=O) groups is 1. The summed E-state index contributed by atoms with van der Waals surface area (Å²) in [4.78, 5) is 31.3. The van der Waals surface area contributed by atoms with Crippen LogP contribution in [0.1, 0.15) is 12.1 Å². The van der Waals surface area contributed by atoms with Crippen molar-refractivity contribution in [1.29, 1.82) is 0 Å². The molecule has 1 amide bonds. The van der Waals surface area contributed by atoms with Crippen molar-refractivity contribution in [2.75, 3.05) is 16.8 Å². The molecule has 1 aromatic rings. The average Bonchev–Trinajstić information content (AvgIpc) is 2.58. The Kier molecular flexibility index (Phi) is 3.09. The number of aromatic nitrogens is 2. The van der Waals surface area contributed by atoms with Crippen molar-refractivity contribution in [3.05, 3.63) is 22.1 Å². The van der Waals surface area contributed by atoms with Gasteiger partial charge in [-0.05, 0) is 12.8 Å². The summed E-state index contributed by atoms with van der Waals surface area (Å²) in [6.45, 7) is 2.34. The zero-order valence-corrected chi connectivity index (χ0v) is 10.5. The number of aryl methyl sites for hydroxylation is 1. The fourth-order valence-corrected chi connectivity index (χ4v) is 2.21. The van der Waals surface area contributed by atoms with Crippen LogP contribution >= 0.6 is 15.9 Å². The first-order valence-corrected chi connectivity index (χ1v) is 6.16. The fraction of sp³-hybridized carbons (Fsp3) is 0.500. The zero-order chi connectivity index (χ0) is 11.7. The molecule has 0 radical (unpaired) electrons. The lowest BCUT2D eigenvalue weighted by Crippen LogP contribution is -2.29. The Hall–Kier alpha value is -1.17. The highest BCUT2D eigenvalue weighted by atomic mass is 79.9. The Morgan fingerprint density at radius 3 is 2.94 bits per heavy atom. The molecule has 1 aliphatic heterocycles. The van der Waals surface area contributed by atoms with Gasteiger partial charge >= 0.3 is 0 Å². The van der Waals surface area contributed by atoms with E-state index in [0.717, 1.165) is 5.33 Å². The molecule has 1 aromatic heterocycles. The summed E-state index contributed by atoms with van der Waals surface area (Å²) in [7, 11) is 0. The number of hydrogen-bond donors (Lipinski definition) is 1. The van der Waals surface area contributed by atoms with Crippen LogP contribution in [0.2, 0.25) is 0 Å². The number of aromatic amines is 1. The van der Waals surface area contributed by atoms with E-state index < -0.39 is 0 Å². The molecule has 2 rings (SSSR count). The lowest BCUT2D eigenvalue weighted by molar-refractivity contribution is -0.117. The average molecular weight is 286 g/mol. The van der Waals surface area contributed by atoms with E-state index in [1.165, 1.54) is 6.07 Å². The minimum atomic E-state index is -0.224. The van der Waals surface area contributed by atoms with Crippen LogP contribution in [-0.2, 0) is 4.79 Å². The number of carbonyl (C=O) groups excluding carboxylic acids is 1. The summed E-state index contributed by atoms with van der Waals surface area (Å²) < 4.78 is 0. The molecule has 0 saturated carbocycles. The molecule has 16 heavy (non-hydrogen) atoms. The molecule has 1 unspecified atom stereocenters. The first-order valence-electron chi connectivity index (χ1n) is 5.04. The number of nitrogens with zero attached hydrogens (tertiary/aromatic N) is 2. The second kappa shape index (κ2) is 4.37. The number of H-pyrrole nitrogens is 1. The molecule has 0 bridgehead atoms. The van der Waals surface area contributed by atoms with Crippen molar-refractivity contribution in [2.24, 2.45) is 5.92 Å². The van der Waals surface area contributed by atoms with E-state index >= 15 is 0 Å². The number of halogens is 1. The third kappa shape index (κ3) is 2.16. The van der Waals surface area contributed by atoms with Crippen LogP contribution in [0, 0.1) is 12.8 Å². The van der Waals surface area contributed by atoms with Gasteiger partial charge in [0, 0.05) is 30.1 Å². The van der Waals surface area contributed by atoms with Gasteiger partial charge in [-0.25, -0.2) is 4.98 Å². The largest absolute Gasteiger partial charge is 0.292 e. The zero-order valence-electron chi connectivity index (χ0n) is 8.86. The summed E-state index contributed by atoms with van der Waals surface area (Å²) in [6, 6.07) is 1.41. The molecule has 1 aliphatic rings. The monoisotopic (exact) mass is 285 g/mol. The van der Waals surface area contributed by atoms with Crippen molar-refractivity contribution >= 4 is 27.8 Å². The van der Waals surface area contributed by atoms with Gasteiger partial charge in [0.2, 0.25) is 11.9 Å². The van der Waals surface area contributed by atoms with Crippen molar-refractivity contribution < 1.29 is 4.79 Å². The minimum Gasteiger partial charge on any atom is -0.292 e. The van der Waals surface area contributed by atoms with Crippen LogP contribution in [-0.4, -0.2) is 27.7 Å². The maximum atomic E-state index is 11.7. The lowest BCUT2D eigenvalue weighted by Gasteiger charge is -2.14. The molecule has 1 atom stereocenters. The standard InChI is InChI=1S/C10H12BrN3O2/c1-6-2-8(15)13-10(12-6)14-5-7(4-11)3-9(14)16/h2,7H,3-5H2,1H3,(H,12,13,15). The number of amides is 1. The summed E-state index contributed by atoms with van der Waals surface area (Å²) in [6.07, 6.45) is 0.503. The van der Waals surface area contributed by atoms with Crippen LogP contribution < -0.4 is 10.5 Å². The Balaban J connectivity index is 2.31. The maximum absolute atomic E-state index is 11.7. The number of hydrogen-bond acceptors (Lipinski definition) is 3. The minimum absolute atomic E-state index is 0.0122. The topological polar surface area (TPSA) is 66.1 Å². The van der Waals surface area contributed by atoms with Gasteiger partial charge in [0.25, 0.3) is 5.56 Å². The Morgan fingerprint density at radius 2 is 2.38 bits per heavy atom. The molecule has 86 valence electrons. The van der Waals surface area contributed by atoms with Gasteiger partial charge in [-0.1, -0.05) is 15.9 Å². The quantitative estimate of drug-likeness (QED) is 0.819. The highest BCUT2D eigenvalue weighted by Gasteiger charge is 2.31. The van der Waals surface area contributed by atoms with Crippen molar-refractivity contribution in [3.8, 4) is 0 Å². The van der Waals surface area contributed by atoms with Crippen molar-refractivity contribution in [1.82, 2.24) is 9.97 Å². The molecular formula is C10H12BrN3O2. The highest BCUT2D eigenvalue weighted by Crippen LogP contribution is 2.22.